The smallest absolute Gasteiger partial charge is 0.194 e. The number of aromatic nitrogens is 1. The van der Waals surface area contributed by atoms with Gasteiger partial charge >= 0.3 is 0 Å². The van der Waals surface area contributed by atoms with E-state index in [2.05, 4.69) is 45.9 Å². The van der Waals surface area contributed by atoms with Crippen LogP contribution >= 0.6 is 27.7 Å². The van der Waals surface area contributed by atoms with Crippen LogP contribution in [0, 0.1) is 0 Å². The van der Waals surface area contributed by atoms with E-state index in [0.29, 0.717) is 0 Å². The lowest BCUT2D eigenvalue weighted by Gasteiger charge is -1.95. The predicted octanol–water partition coefficient (Wildman–Crippen LogP) is 2.84. The standard InChI is InChI=1S/C9H13BrNS/c1-2-6-12-8-11-5-3-4-9(10)7-11/h3-5,7H,2,6,8H2,1H3/q+1. The maximum atomic E-state index is 3.44. The van der Waals surface area contributed by atoms with E-state index in [9.17, 15) is 0 Å². The zero-order valence-electron chi connectivity index (χ0n) is 7.16. The Kier molecular flexibility index (Phi) is 4.69. The summed E-state index contributed by atoms with van der Waals surface area (Å²) in [6, 6.07) is 4.09. The van der Waals surface area contributed by atoms with Crippen LogP contribution in [0.15, 0.2) is 29.0 Å². The van der Waals surface area contributed by atoms with Crippen molar-refractivity contribution in [3.8, 4) is 0 Å². The average Bonchev–Trinajstić information content (AvgIpc) is 2.05. The molecule has 1 nitrogen and oxygen atoms in total. The Balaban J connectivity index is 2.41. The highest BCUT2D eigenvalue weighted by atomic mass is 79.9. The van der Waals surface area contributed by atoms with Crippen molar-refractivity contribution in [3.05, 3.63) is 29.0 Å². The van der Waals surface area contributed by atoms with E-state index < -0.39 is 0 Å². The number of nitrogens with zero attached hydrogens (tertiary/aromatic N) is 1. The van der Waals surface area contributed by atoms with Gasteiger partial charge in [0.15, 0.2) is 18.3 Å². The topological polar surface area (TPSA) is 3.88 Å². The van der Waals surface area contributed by atoms with Crippen LogP contribution in [-0.2, 0) is 5.88 Å². The van der Waals surface area contributed by atoms with E-state index in [1.54, 1.807) is 0 Å². The van der Waals surface area contributed by atoms with Crippen LogP contribution < -0.4 is 4.57 Å². The molecule has 1 aromatic rings. The normalized spacial score (nSPS) is 10.2. The van der Waals surface area contributed by atoms with Crippen molar-refractivity contribution >= 4 is 27.7 Å². The molecule has 0 aliphatic heterocycles. The second-order valence-corrected chi connectivity index (χ2v) is 4.56. The number of hydrogen-bond acceptors (Lipinski definition) is 1. The Morgan fingerprint density at radius 1 is 1.58 bits per heavy atom. The first kappa shape index (κ1) is 10.1. The Bertz CT molecular complexity index is 240. The molecule has 0 aliphatic rings. The fourth-order valence-electron chi connectivity index (χ4n) is 0.885. The molecular formula is C9H13BrNS+. The number of halogens is 1. The Hall–Kier alpha value is -0.0200. The highest BCUT2D eigenvalue weighted by molar-refractivity contribution is 9.10. The fourth-order valence-corrected chi connectivity index (χ4v) is 2.09. The molecule has 0 N–H and O–H groups in total. The van der Waals surface area contributed by atoms with Crippen LogP contribution in [0.1, 0.15) is 13.3 Å². The van der Waals surface area contributed by atoms with Crippen molar-refractivity contribution in [1.29, 1.82) is 0 Å². The lowest BCUT2D eigenvalue weighted by atomic mass is 10.5. The van der Waals surface area contributed by atoms with E-state index in [0.717, 1.165) is 10.3 Å². The van der Waals surface area contributed by atoms with Crippen molar-refractivity contribution in [2.24, 2.45) is 0 Å². The van der Waals surface area contributed by atoms with Crippen LogP contribution in [0.4, 0.5) is 0 Å². The zero-order chi connectivity index (χ0) is 8.81. The van der Waals surface area contributed by atoms with Gasteiger partial charge in [0.25, 0.3) is 0 Å². The van der Waals surface area contributed by atoms with Crippen LogP contribution in [0.3, 0.4) is 0 Å². The minimum absolute atomic E-state index is 1.05. The van der Waals surface area contributed by atoms with Crippen molar-refractivity contribution in [1.82, 2.24) is 0 Å². The summed E-state index contributed by atoms with van der Waals surface area (Å²) in [5.74, 6) is 2.28. The molecule has 0 amide bonds. The van der Waals surface area contributed by atoms with Crippen LogP contribution in [-0.4, -0.2) is 5.75 Å². The van der Waals surface area contributed by atoms with Gasteiger partial charge in [0.1, 0.15) is 0 Å². The molecule has 1 heterocycles. The molecule has 0 saturated heterocycles. The number of pyridine rings is 1. The number of thioether (sulfide) groups is 1. The lowest BCUT2D eigenvalue weighted by Crippen LogP contribution is -2.30. The Morgan fingerprint density at radius 2 is 2.42 bits per heavy atom. The molecule has 12 heavy (non-hydrogen) atoms. The van der Waals surface area contributed by atoms with Gasteiger partial charge in [-0.25, -0.2) is 0 Å². The summed E-state index contributed by atoms with van der Waals surface area (Å²) in [5, 5.41) is 0. The van der Waals surface area contributed by atoms with Crippen LogP contribution in [0.25, 0.3) is 0 Å². The first-order valence-corrected chi connectivity index (χ1v) is 6.00. The first-order chi connectivity index (χ1) is 5.83. The average molecular weight is 247 g/mol. The summed E-state index contributed by atoms with van der Waals surface area (Å²) in [6.45, 7) is 2.21. The summed E-state index contributed by atoms with van der Waals surface area (Å²) < 4.78 is 3.33. The molecule has 1 aromatic heterocycles. The van der Waals surface area contributed by atoms with Crippen LogP contribution in [0.5, 0.6) is 0 Å². The second kappa shape index (κ2) is 5.60. The monoisotopic (exact) mass is 246 g/mol. The van der Waals surface area contributed by atoms with Crippen molar-refractivity contribution in [3.63, 3.8) is 0 Å². The van der Waals surface area contributed by atoms with Crippen molar-refractivity contribution < 1.29 is 4.57 Å². The van der Waals surface area contributed by atoms with E-state index in [-0.39, 0.29) is 0 Å². The summed E-state index contributed by atoms with van der Waals surface area (Å²) in [6.07, 6.45) is 5.44. The largest absolute Gasteiger partial charge is 0.194 e. The molecule has 0 radical (unpaired) electrons. The van der Waals surface area contributed by atoms with Gasteiger partial charge in [-0.15, -0.1) is 0 Å². The molecule has 0 fully saturated rings. The third-order valence-corrected chi connectivity index (χ3v) is 3.06. The molecule has 1 rings (SSSR count). The molecular weight excluding hydrogens is 234 g/mol. The summed E-state index contributed by atoms with van der Waals surface area (Å²) in [7, 11) is 0. The molecule has 0 saturated carbocycles. The molecule has 3 heteroatoms. The third kappa shape index (κ3) is 3.59. The van der Waals surface area contributed by atoms with E-state index in [4.69, 9.17) is 0 Å². The van der Waals surface area contributed by atoms with Gasteiger partial charge in [-0.2, -0.15) is 4.57 Å². The van der Waals surface area contributed by atoms with Gasteiger partial charge < -0.3 is 0 Å². The SMILES string of the molecule is CCCSC[n+]1cccc(Br)c1. The molecule has 0 spiro atoms. The second-order valence-electron chi connectivity index (χ2n) is 2.57. The summed E-state index contributed by atoms with van der Waals surface area (Å²) in [5.41, 5.74) is 0. The first-order valence-electron chi connectivity index (χ1n) is 4.05. The molecule has 0 aliphatic carbocycles. The van der Waals surface area contributed by atoms with Gasteiger partial charge in [-0.3, -0.25) is 0 Å². The summed E-state index contributed by atoms with van der Waals surface area (Å²) in [4.78, 5) is 0. The van der Waals surface area contributed by atoms with Gasteiger partial charge in [0.05, 0.1) is 4.47 Å². The van der Waals surface area contributed by atoms with E-state index in [1.807, 2.05) is 17.8 Å². The van der Waals surface area contributed by atoms with E-state index in [1.165, 1.54) is 12.2 Å². The predicted molar refractivity (Wildman–Crippen MR) is 57.1 cm³/mol. The van der Waals surface area contributed by atoms with Crippen molar-refractivity contribution in [2.45, 2.75) is 19.2 Å². The minimum atomic E-state index is 1.05. The lowest BCUT2D eigenvalue weighted by molar-refractivity contribution is -0.676. The third-order valence-electron chi connectivity index (χ3n) is 1.41. The molecule has 66 valence electrons. The highest BCUT2D eigenvalue weighted by Crippen LogP contribution is 2.05. The molecule has 0 bridgehead atoms. The number of rotatable bonds is 4. The quantitative estimate of drug-likeness (QED) is 0.584. The maximum absolute atomic E-state index is 3.44. The van der Waals surface area contributed by atoms with E-state index >= 15 is 0 Å². The highest BCUT2D eigenvalue weighted by Gasteiger charge is 1.99. The fraction of sp³-hybridized carbons (Fsp3) is 0.444. The Morgan fingerprint density at radius 3 is 3.08 bits per heavy atom. The molecule has 0 atom stereocenters. The summed E-state index contributed by atoms with van der Waals surface area (Å²) >= 11 is 5.40. The van der Waals surface area contributed by atoms with Crippen molar-refractivity contribution in [2.75, 3.05) is 5.75 Å². The molecule has 0 unspecified atom stereocenters. The van der Waals surface area contributed by atoms with Crippen LogP contribution in [0.2, 0.25) is 0 Å². The van der Waals surface area contributed by atoms with Gasteiger partial charge in [-0.1, -0.05) is 18.7 Å². The van der Waals surface area contributed by atoms with Gasteiger partial charge in [-0.05, 0) is 34.2 Å². The maximum Gasteiger partial charge on any atom is 0.194 e. The number of hydrogen-bond donors (Lipinski definition) is 0. The zero-order valence-corrected chi connectivity index (χ0v) is 9.57. The van der Waals surface area contributed by atoms with Gasteiger partial charge in [0.2, 0.25) is 0 Å². The molecule has 0 aromatic carbocycles. The Labute approximate surface area is 86.3 Å². The van der Waals surface area contributed by atoms with Gasteiger partial charge in [0, 0.05) is 6.07 Å². The minimum Gasteiger partial charge on any atom is -0.194 e.